The summed E-state index contributed by atoms with van der Waals surface area (Å²) in [7, 11) is 0. The van der Waals surface area contributed by atoms with Gasteiger partial charge in [-0.05, 0) is 40.2 Å². The van der Waals surface area contributed by atoms with Crippen molar-refractivity contribution in [2.75, 3.05) is 26.2 Å². The Labute approximate surface area is 98.5 Å². The van der Waals surface area contributed by atoms with Crippen molar-refractivity contribution in [2.45, 2.75) is 33.6 Å². The minimum atomic E-state index is -0.0237. The minimum absolute atomic E-state index is 0.0237. The van der Waals surface area contributed by atoms with E-state index in [2.05, 4.69) is 24.8 Å². The molecule has 0 saturated carbocycles. The molecule has 0 radical (unpaired) electrons. The number of hydrogen-bond acceptors (Lipinski definition) is 3. The maximum atomic E-state index is 11.6. The van der Waals surface area contributed by atoms with Crippen LogP contribution in [0.25, 0.3) is 0 Å². The maximum Gasteiger partial charge on any atom is 0.310 e. The standard InChI is InChI=1S/C13H23NO2/c1-4-16-13(15)12-6-5-8-14(10-12)9-7-11(2)3/h7,12H,4-6,8-10H2,1-3H3/t12-/m0/s1. The highest BCUT2D eigenvalue weighted by atomic mass is 16.5. The van der Waals surface area contributed by atoms with Crippen LogP contribution in [0.1, 0.15) is 33.6 Å². The lowest BCUT2D eigenvalue weighted by Crippen LogP contribution is -2.39. The van der Waals surface area contributed by atoms with E-state index in [1.54, 1.807) is 0 Å². The number of ether oxygens (including phenoxy) is 1. The number of piperidine rings is 1. The van der Waals surface area contributed by atoms with Crippen molar-refractivity contribution in [3.05, 3.63) is 11.6 Å². The van der Waals surface area contributed by atoms with Crippen molar-refractivity contribution in [3.8, 4) is 0 Å². The number of likely N-dealkylation sites (tertiary alicyclic amines) is 1. The Balaban J connectivity index is 2.40. The average molecular weight is 225 g/mol. The average Bonchev–Trinajstić information content (AvgIpc) is 2.27. The van der Waals surface area contributed by atoms with E-state index in [9.17, 15) is 4.79 Å². The molecule has 0 aromatic carbocycles. The SMILES string of the molecule is CCOC(=O)[C@H]1CCCN(CC=C(C)C)C1. The highest BCUT2D eigenvalue weighted by Crippen LogP contribution is 2.17. The summed E-state index contributed by atoms with van der Waals surface area (Å²) in [5.74, 6) is 0.0589. The van der Waals surface area contributed by atoms with Crippen LogP contribution in [0.15, 0.2) is 11.6 Å². The van der Waals surface area contributed by atoms with Gasteiger partial charge in [-0.15, -0.1) is 0 Å². The monoisotopic (exact) mass is 225 g/mol. The zero-order valence-corrected chi connectivity index (χ0v) is 10.7. The molecule has 0 spiro atoms. The fraction of sp³-hybridized carbons (Fsp3) is 0.769. The van der Waals surface area contributed by atoms with Crippen LogP contribution in [0.4, 0.5) is 0 Å². The third-order valence-corrected chi connectivity index (χ3v) is 2.88. The summed E-state index contributed by atoms with van der Waals surface area (Å²) in [4.78, 5) is 13.9. The quantitative estimate of drug-likeness (QED) is 0.543. The molecule has 1 aliphatic rings. The van der Waals surface area contributed by atoms with Crippen molar-refractivity contribution in [1.82, 2.24) is 4.90 Å². The molecule has 0 bridgehead atoms. The van der Waals surface area contributed by atoms with Gasteiger partial charge in [-0.1, -0.05) is 11.6 Å². The van der Waals surface area contributed by atoms with E-state index < -0.39 is 0 Å². The molecule has 16 heavy (non-hydrogen) atoms. The summed E-state index contributed by atoms with van der Waals surface area (Å²) in [6.07, 6.45) is 4.29. The number of rotatable bonds is 4. The predicted molar refractivity (Wildman–Crippen MR) is 65.2 cm³/mol. The number of esters is 1. The molecule has 0 aromatic heterocycles. The number of carbonyl (C=O) groups is 1. The molecule has 1 heterocycles. The van der Waals surface area contributed by atoms with Gasteiger partial charge in [0.15, 0.2) is 0 Å². The van der Waals surface area contributed by atoms with Crippen LogP contribution in [0.2, 0.25) is 0 Å². The predicted octanol–water partition coefficient (Wildman–Crippen LogP) is 2.23. The van der Waals surface area contributed by atoms with E-state index in [0.717, 1.165) is 32.5 Å². The summed E-state index contributed by atoms with van der Waals surface area (Å²) in [5.41, 5.74) is 1.33. The van der Waals surface area contributed by atoms with Crippen LogP contribution in [-0.2, 0) is 9.53 Å². The first-order valence-corrected chi connectivity index (χ1v) is 6.15. The van der Waals surface area contributed by atoms with Gasteiger partial charge in [0.05, 0.1) is 12.5 Å². The second-order valence-electron chi connectivity index (χ2n) is 4.63. The molecule has 1 saturated heterocycles. The van der Waals surface area contributed by atoms with Gasteiger partial charge in [0.2, 0.25) is 0 Å². The maximum absolute atomic E-state index is 11.6. The van der Waals surface area contributed by atoms with E-state index in [1.165, 1.54) is 5.57 Å². The molecule has 0 aromatic rings. The molecular weight excluding hydrogens is 202 g/mol. The van der Waals surface area contributed by atoms with Gasteiger partial charge < -0.3 is 4.74 Å². The topological polar surface area (TPSA) is 29.5 Å². The molecule has 0 N–H and O–H groups in total. The Morgan fingerprint density at radius 3 is 2.88 bits per heavy atom. The molecule has 92 valence electrons. The van der Waals surface area contributed by atoms with Gasteiger partial charge in [-0.3, -0.25) is 9.69 Å². The van der Waals surface area contributed by atoms with Crippen LogP contribution in [-0.4, -0.2) is 37.1 Å². The van der Waals surface area contributed by atoms with Crippen molar-refractivity contribution in [2.24, 2.45) is 5.92 Å². The third-order valence-electron chi connectivity index (χ3n) is 2.88. The Kier molecular flexibility index (Phi) is 5.53. The summed E-state index contributed by atoms with van der Waals surface area (Å²) in [6, 6.07) is 0. The number of hydrogen-bond donors (Lipinski definition) is 0. The van der Waals surface area contributed by atoms with E-state index >= 15 is 0 Å². The Bertz CT molecular complexity index is 257. The summed E-state index contributed by atoms with van der Waals surface area (Å²) in [6.45, 7) is 9.46. The van der Waals surface area contributed by atoms with E-state index in [4.69, 9.17) is 4.74 Å². The summed E-state index contributed by atoms with van der Waals surface area (Å²) < 4.78 is 5.07. The number of carbonyl (C=O) groups excluding carboxylic acids is 1. The normalized spacial score (nSPS) is 21.6. The molecular formula is C13H23NO2. The highest BCUT2D eigenvalue weighted by molar-refractivity contribution is 5.72. The van der Waals surface area contributed by atoms with Crippen LogP contribution in [0.5, 0.6) is 0 Å². The van der Waals surface area contributed by atoms with Crippen molar-refractivity contribution < 1.29 is 9.53 Å². The van der Waals surface area contributed by atoms with Crippen molar-refractivity contribution in [3.63, 3.8) is 0 Å². The molecule has 0 aliphatic carbocycles. The zero-order chi connectivity index (χ0) is 12.0. The van der Waals surface area contributed by atoms with Crippen molar-refractivity contribution in [1.29, 1.82) is 0 Å². The molecule has 1 atom stereocenters. The summed E-state index contributed by atoms with van der Waals surface area (Å²) in [5, 5.41) is 0. The first-order valence-electron chi connectivity index (χ1n) is 6.15. The number of allylic oxidation sites excluding steroid dienone is 1. The van der Waals surface area contributed by atoms with Crippen LogP contribution >= 0.6 is 0 Å². The largest absolute Gasteiger partial charge is 0.466 e. The lowest BCUT2D eigenvalue weighted by Gasteiger charge is -2.30. The van der Waals surface area contributed by atoms with Crippen LogP contribution in [0.3, 0.4) is 0 Å². The first kappa shape index (κ1) is 13.2. The fourth-order valence-corrected chi connectivity index (χ4v) is 1.99. The third kappa shape index (κ3) is 4.35. The molecule has 0 amide bonds. The van der Waals surface area contributed by atoms with E-state index in [-0.39, 0.29) is 11.9 Å². The molecule has 1 fully saturated rings. The minimum Gasteiger partial charge on any atom is -0.466 e. The van der Waals surface area contributed by atoms with Crippen LogP contribution in [0, 0.1) is 5.92 Å². The Hall–Kier alpha value is -0.830. The van der Waals surface area contributed by atoms with Gasteiger partial charge >= 0.3 is 5.97 Å². The molecule has 3 nitrogen and oxygen atoms in total. The van der Waals surface area contributed by atoms with Crippen LogP contribution < -0.4 is 0 Å². The van der Waals surface area contributed by atoms with Gasteiger partial charge in [0.1, 0.15) is 0 Å². The van der Waals surface area contributed by atoms with Crippen molar-refractivity contribution >= 4 is 5.97 Å². The Morgan fingerprint density at radius 2 is 2.25 bits per heavy atom. The van der Waals surface area contributed by atoms with E-state index in [1.807, 2.05) is 6.92 Å². The number of nitrogens with zero attached hydrogens (tertiary/aromatic N) is 1. The molecule has 0 unspecified atom stereocenters. The van der Waals surface area contributed by atoms with Gasteiger partial charge in [0, 0.05) is 13.1 Å². The fourth-order valence-electron chi connectivity index (χ4n) is 1.99. The first-order chi connectivity index (χ1) is 7.63. The smallest absolute Gasteiger partial charge is 0.310 e. The zero-order valence-electron chi connectivity index (χ0n) is 10.7. The summed E-state index contributed by atoms with van der Waals surface area (Å²) >= 11 is 0. The lowest BCUT2D eigenvalue weighted by atomic mass is 9.98. The molecule has 3 heteroatoms. The Morgan fingerprint density at radius 1 is 1.50 bits per heavy atom. The molecule has 1 rings (SSSR count). The van der Waals surface area contributed by atoms with E-state index in [0.29, 0.717) is 6.61 Å². The van der Waals surface area contributed by atoms with Gasteiger partial charge in [-0.2, -0.15) is 0 Å². The van der Waals surface area contributed by atoms with Gasteiger partial charge in [-0.25, -0.2) is 0 Å². The second-order valence-corrected chi connectivity index (χ2v) is 4.63. The second kappa shape index (κ2) is 6.69. The molecule has 1 aliphatic heterocycles. The highest BCUT2D eigenvalue weighted by Gasteiger charge is 2.25. The lowest BCUT2D eigenvalue weighted by molar-refractivity contribution is -0.149. The van der Waals surface area contributed by atoms with Gasteiger partial charge in [0.25, 0.3) is 0 Å².